The van der Waals surface area contributed by atoms with Crippen molar-refractivity contribution in [3.8, 4) is 5.75 Å². The van der Waals surface area contributed by atoms with Crippen molar-refractivity contribution in [2.45, 2.75) is 0 Å². The standard InChI is InChI=1S/C13H8Cl2N2O3/c14-10-3-2-9(6-11(10)15)16-7-8-1-4-13(18)12(5-8)17(19)20/h1-7,18H. The van der Waals surface area contributed by atoms with Gasteiger partial charge in [-0.05, 0) is 35.9 Å². The third kappa shape index (κ3) is 3.26. The zero-order valence-corrected chi connectivity index (χ0v) is 11.5. The Labute approximate surface area is 124 Å². The number of aliphatic imine (C=N–C) groups is 1. The second-order valence-electron chi connectivity index (χ2n) is 3.86. The normalized spacial score (nSPS) is 10.9. The van der Waals surface area contributed by atoms with Crippen LogP contribution in [-0.4, -0.2) is 16.2 Å². The Kier molecular flexibility index (Phi) is 4.22. The average molecular weight is 311 g/mol. The highest BCUT2D eigenvalue weighted by atomic mass is 35.5. The smallest absolute Gasteiger partial charge is 0.311 e. The lowest BCUT2D eigenvalue weighted by Gasteiger charge is -1.99. The van der Waals surface area contributed by atoms with Gasteiger partial charge in [-0.3, -0.25) is 15.1 Å². The Morgan fingerprint density at radius 1 is 1.15 bits per heavy atom. The molecular formula is C13H8Cl2N2O3. The third-order valence-electron chi connectivity index (χ3n) is 2.46. The minimum atomic E-state index is -0.661. The van der Waals surface area contributed by atoms with Crippen LogP contribution in [0.25, 0.3) is 0 Å². The number of phenolic OH excluding ortho intramolecular Hbond substituents is 1. The van der Waals surface area contributed by atoms with Gasteiger partial charge in [0, 0.05) is 12.3 Å². The van der Waals surface area contributed by atoms with Crippen molar-refractivity contribution in [2.24, 2.45) is 4.99 Å². The summed E-state index contributed by atoms with van der Waals surface area (Å²) in [6.45, 7) is 0. The van der Waals surface area contributed by atoms with Crippen molar-refractivity contribution in [2.75, 3.05) is 0 Å². The highest BCUT2D eigenvalue weighted by Crippen LogP contribution is 2.28. The molecule has 0 radical (unpaired) electrons. The molecule has 1 N–H and O–H groups in total. The maximum Gasteiger partial charge on any atom is 0.311 e. The van der Waals surface area contributed by atoms with Crippen LogP contribution < -0.4 is 0 Å². The molecule has 0 spiro atoms. The fraction of sp³-hybridized carbons (Fsp3) is 0. The van der Waals surface area contributed by atoms with E-state index in [1.165, 1.54) is 24.4 Å². The van der Waals surface area contributed by atoms with E-state index in [0.29, 0.717) is 21.3 Å². The van der Waals surface area contributed by atoms with Gasteiger partial charge in [0.25, 0.3) is 0 Å². The zero-order chi connectivity index (χ0) is 14.7. The quantitative estimate of drug-likeness (QED) is 0.520. The van der Waals surface area contributed by atoms with Gasteiger partial charge in [0.15, 0.2) is 5.75 Å². The molecule has 0 aromatic heterocycles. The molecule has 0 unspecified atom stereocenters. The Morgan fingerprint density at radius 2 is 1.90 bits per heavy atom. The van der Waals surface area contributed by atoms with Crippen molar-refractivity contribution in [1.82, 2.24) is 0 Å². The lowest BCUT2D eigenvalue weighted by atomic mass is 10.2. The van der Waals surface area contributed by atoms with E-state index in [-0.39, 0.29) is 11.4 Å². The number of nitro groups is 1. The highest BCUT2D eigenvalue weighted by molar-refractivity contribution is 6.42. The molecule has 0 heterocycles. The molecule has 102 valence electrons. The number of aromatic hydroxyl groups is 1. The third-order valence-corrected chi connectivity index (χ3v) is 3.20. The molecule has 0 atom stereocenters. The first-order chi connectivity index (χ1) is 9.47. The molecule has 2 rings (SSSR count). The molecule has 0 aliphatic carbocycles. The van der Waals surface area contributed by atoms with Gasteiger partial charge >= 0.3 is 5.69 Å². The number of benzene rings is 2. The summed E-state index contributed by atoms with van der Waals surface area (Å²) in [6, 6.07) is 8.85. The Balaban J connectivity index is 2.29. The lowest BCUT2D eigenvalue weighted by molar-refractivity contribution is -0.385. The number of phenols is 1. The minimum Gasteiger partial charge on any atom is -0.502 e. The van der Waals surface area contributed by atoms with E-state index in [1.807, 2.05) is 0 Å². The van der Waals surface area contributed by atoms with E-state index >= 15 is 0 Å². The number of rotatable bonds is 3. The molecule has 0 aliphatic rings. The lowest BCUT2D eigenvalue weighted by Crippen LogP contribution is -1.90. The van der Waals surface area contributed by atoms with Gasteiger partial charge in [-0.1, -0.05) is 23.2 Å². The van der Waals surface area contributed by atoms with Crippen LogP contribution in [0.15, 0.2) is 41.4 Å². The van der Waals surface area contributed by atoms with Crippen LogP contribution in [0, 0.1) is 10.1 Å². The van der Waals surface area contributed by atoms with Gasteiger partial charge in [-0.2, -0.15) is 0 Å². The largest absolute Gasteiger partial charge is 0.502 e. The monoisotopic (exact) mass is 310 g/mol. The van der Waals surface area contributed by atoms with Crippen LogP contribution in [0.4, 0.5) is 11.4 Å². The van der Waals surface area contributed by atoms with Gasteiger partial charge in [0.1, 0.15) is 0 Å². The first kappa shape index (κ1) is 14.3. The van der Waals surface area contributed by atoms with Crippen LogP contribution in [-0.2, 0) is 0 Å². The second kappa shape index (κ2) is 5.90. The molecule has 2 aromatic carbocycles. The summed E-state index contributed by atoms with van der Waals surface area (Å²) in [5, 5.41) is 20.8. The van der Waals surface area contributed by atoms with Gasteiger partial charge in [0.05, 0.1) is 20.7 Å². The number of halogens is 2. The van der Waals surface area contributed by atoms with E-state index < -0.39 is 4.92 Å². The molecule has 0 aliphatic heterocycles. The van der Waals surface area contributed by atoms with Crippen molar-refractivity contribution in [3.05, 3.63) is 62.1 Å². The summed E-state index contributed by atoms with van der Waals surface area (Å²) in [6.07, 6.45) is 1.44. The average Bonchev–Trinajstić information content (AvgIpc) is 2.41. The van der Waals surface area contributed by atoms with Crippen LogP contribution in [0.3, 0.4) is 0 Å². The summed E-state index contributed by atoms with van der Waals surface area (Å²) in [5.41, 5.74) is 0.679. The van der Waals surface area contributed by atoms with Crippen LogP contribution in [0.1, 0.15) is 5.56 Å². The predicted octanol–water partition coefficient (Wildman–Crippen LogP) is 4.36. The highest BCUT2D eigenvalue weighted by Gasteiger charge is 2.12. The number of hydrogen-bond donors (Lipinski definition) is 1. The molecule has 0 saturated heterocycles. The first-order valence-electron chi connectivity index (χ1n) is 5.44. The fourth-order valence-corrected chi connectivity index (χ4v) is 1.77. The molecular weight excluding hydrogens is 303 g/mol. The van der Waals surface area contributed by atoms with E-state index in [1.54, 1.807) is 18.2 Å². The minimum absolute atomic E-state index is 0.372. The van der Waals surface area contributed by atoms with Crippen LogP contribution in [0.5, 0.6) is 5.75 Å². The van der Waals surface area contributed by atoms with E-state index in [4.69, 9.17) is 23.2 Å². The molecule has 2 aromatic rings. The summed E-state index contributed by atoms with van der Waals surface area (Å²) in [4.78, 5) is 14.2. The summed E-state index contributed by atoms with van der Waals surface area (Å²) >= 11 is 11.6. The predicted molar refractivity (Wildman–Crippen MR) is 78.5 cm³/mol. The van der Waals surface area contributed by atoms with Crippen LogP contribution in [0.2, 0.25) is 10.0 Å². The Bertz CT molecular complexity index is 702. The van der Waals surface area contributed by atoms with E-state index in [2.05, 4.69) is 4.99 Å². The number of hydrogen-bond acceptors (Lipinski definition) is 4. The van der Waals surface area contributed by atoms with Gasteiger partial charge in [-0.15, -0.1) is 0 Å². The molecule has 7 heteroatoms. The molecule has 0 fully saturated rings. The number of nitrogens with zero attached hydrogens (tertiary/aromatic N) is 2. The Hall–Kier alpha value is -2.11. The molecule has 20 heavy (non-hydrogen) atoms. The van der Waals surface area contributed by atoms with Crippen LogP contribution >= 0.6 is 23.2 Å². The van der Waals surface area contributed by atoms with E-state index in [0.717, 1.165) is 0 Å². The Morgan fingerprint density at radius 3 is 2.55 bits per heavy atom. The maximum absolute atomic E-state index is 10.7. The van der Waals surface area contributed by atoms with Gasteiger partial charge in [-0.25, -0.2) is 0 Å². The van der Waals surface area contributed by atoms with Crippen molar-refractivity contribution >= 4 is 40.8 Å². The SMILES string of the molecule is O=[N+]([O-])c1cc(C=Nc2ccc(Cl)c(Cl)c2)ccc1O. The molecule has 5 nitrogen and oxygen atoms in total. The molecule has 0 saturated carbocycles. The number of nitro benzene ring substituents is 1. The maximum atomic E-state index is 10.7. The summed E-state index contributed by atoms with van der Waals surface area (Å²) in [5.74, 6) is -0.387. The topological polar surface area (TPSA) is 75.7 Å². The van der Waals surface area contributed by atoms with Crippen molar-refractivity contribution in [3.63, 3.8) is 0 Å². The van der Waals surface area contributed by atoms with Crippen molar-refractivity contribution < 1.29 is 10.0 Å². The molecule has 0 bridgehead atoms. The zero-order valence-electron chi connectivity index (χ0n) is 9.96. The van der Waals surface area contributed by atoms with Crippen molar-refractivity contribution in [1.29, 1.82) is 0 Å². The van der Waals surface area contributed by atoms with Gasteiger partial charge in [0.2, 0.25) is 0 Å². The second-order valence-corrected chi connectivity index (χ2v) is 4.68. The summed E-state index contributed by atoms with van der Waals surface area (Å²) in [7, 11) is 0. The van der Waals surface area contributed by atoms with E-state index in [9.17, 15) is 15.2 Å². The first-order valence-corrected chi connectivity index (χ1v) is 6.19. The molecule has 0 amide bonds. The van der Waals surface area contributed by atoms with Gasteiger partial charge < -0.3 is 5.11 Å². The fourth-order valence-electron chi connectivity index (χ4n) is 1.48. The summed E-state index contributed by atoms with van der Waals surface area (Å²) < 4.78 is 0.